The van der Waals surface area contributed by atoms with Crippen LogP contribution in [-0.4, -0.2) is 29.2 Å². The summed E-state index contributed by atoms with van der Waals surface area (Å²) in [5.74, 6) is 0.538. The number of aromatic hydroxyl groups is 1. The molecule has 0 aromatic heterocycles. The van der Waals surface area contributed by atoms with Crippen LogP contribution in [0.4, 0.5) is 0 Å². The average Bonchev–Trinajstić information content (AvgIpc) is 2.53. The summed E-state index contributed by atoms with van der Waals surface area (Å²) in [7, 11) is 1.47. The maximum atomic E-state index is 12.2. The molecule has 0 radical (unpaired) electrons. The van der Waals surface area contributed by atoms with Crippen molar-refractivity contribution in [2.24, 2.45) is 5.92 Å². The smallest absolute Gasteiger partial charge is 0.161 e. The van der Waals surface area contributed by atoms with Gasteiger partial charge in [0, 0.05) is 12.8 Å². The Morgan fingerprint density at radius 3 is 2.67 bits per heavy atom. The third-order valence-electron chi connectivity index (χ3n) is 4.05. The maximum Gasteiger partial charge on any atom is 0.161 e. The van der Waals surface area contributed by atoms with Crippen LogP contribution < -0.4 is 4.74 Å². The van der Waals surface area contributed by atoms with Crippen molar-refractivity contribution in [3.8, 4) is 11.5 Å². The van der Waals surface area contributed by atoms with Gasteiger partial charge in [-0.3, -0.25) is 4.79 Å². The summed E-state index contributed by atoms with van der Waals surface area (Å²) in [6.45, 7) is 6.22. The highest BCUT2D eigenvalue weighted by Crippen LogP contribution is 2.27. The van der Waals surface area contributed by atoms with Crippen LogP contribution in [0.3, 0.4) is 0 Å². The number of ketones is 1. The minimum Gasteiger partial charge on any atom is -0.504 e. The summed E-state index contributed by atoms with van der Waals surface area (Å²) < 4.78 is 5.04. The number of aliphatic hydroxyl groups is 1. The number of allylic oxidation sites excluding steroid dienone is 2. The van der Waals surface area contributed by atoms with E-state index in [0.717, 1.165) is 24.8 Å². The Balaban J connectivity index is 2.45. The molecule has 2 atom stereocenters. The fourth-order valence-electron chi connectivity index (χ4n) is 2.62. The van der Waals surface area contributed by atoms with Gasteiger partial charge >= 0.3 is 0 Å². The Bertz CT molecular complexity index is 559. The zero-order valence-electron chi connectivity index (χ0n) is 15.2. The van der Waals surface area contributed by atoms with Gasteiger partial charge in [0.15, 0.2) is 17.3 Å². The molecule has 134 valence electrons. The van der Waals surface area contributed by atoms with Gasteiger partial charge in [0.25, 0.3) is 0 Å². The van der Waals surface area contributed by atoms with Gasteiger partial charge < -0.3 is 14.9 Å². The van der Waals surface area contributed by atoms with Crippen LogP contribution in [0.1, 0.15) is 52.0 Å². The minimum atomic E-state index is -1.01. The number of hydrogen-bond donors (Lipinski definition) is 2. The van der Waals surface area contributed by atoms with E-state index in [-0.39, 0.29) is 23.9 Å². The van der Waals surface area contributed by atoms with Crippen molar-refractivity contribution in [3.05, 3.63) is 35.4 Å². The van der Waals surface area contributed by atoms with Gasteiger partial charge in [-0.2, -0.15) is 0 Å². The van der Waals surface area contributed by atoms with E-state index in [1.54, 1.807) is 12.1 Å². The summed E-state index contributed by atoms with van der Waals surface area (Å²) in [5.41, 5.74) is 2.08. The van der Waals surface area contributed by atoms with Crippen molar-refractivity contribution in [1.29, 1.82) is 0 Å². The number of phenolic OH excluding ortho intramolecular Hbond substituents is 1. The second-order valence-electron chi connectivity index (χ2n) is 6.71. The molecule has 24 heavy (non-hydrogen) atoms. The first-order valence-corrected chi connectivity index (χ1v) is 8.53. The first-order valence-electron chi connectivity index (χ1n) is 8.53. The number of benzene rings is 1. The topological polar surface area (TPSA) is 66.8 Å². The number of rotatable bonds is 10. The number of unbranched alkanes of at least 4 members (excludes halogenated alkanes) is 1. The molecule has 0 heterocycles. The average molecular weight is 334 g/mol. The first kappa shape index (κ1) is 20.2. The normalized spacial score (nSPS) is 13.2. The van der Waals surface area contributed by atoms with Crippen LogP contribution >= 0.6 is 0 Å². The van der Waals surface area contributed by atoms with Crippen molar-refractivity contribution in [2.75, 3.05) is 7.11 Å². The molecule has 0 amide bonds. The van der Waals surface area contributed by atoms with E-state index in [1.165, 1.54) is 18.7 Å². The van der Waals surface area contributed by atoms with Crippen molar-refractivity contribution < 1.29 is 19.7 Å². The summed E-state index contributed by atoms with van der Waals surface area (Å²) >= 11 is 0. The second-order valence-corrected chi connectivity index (χ2v) is 6.71. The highest BCUT2D eigenvalue weighted by molar-refractivity contribution is 5.83. The first-order chi connectivity index (χ1) is 11.3. The lowest BCUT2D eigenvalue weighted by Crippen LogP contribution is -2.24. The molecule has 0 bridgehead atoms. The number of ether oxygens (including phenoxy) is 1. The Morgan fingerprint density at radius 1 is 1.33 bits per heavy atom. The summed E-state index contributed by atoms with van der Waals surface area (Å²) in [6, 6.07) is 4.85. The van der Waals surface area contributed by atoms with E-state index < -0.39 is 6.10 Å². The molecule has 0 saturated heterocycles. The zero-order chi connectivity index (χ0) is 18.1. The van der Waals surface area contributed by atoms with Crippen LogP contribution in [0.25, 0.3) is 0 Å². The predicted octanol–water partition coefficient (Wildman–Crippen LogP) is 4.04. The lowest BCUT2D eigenvalue weighted by Gasteiger charge is -2.14. The number of carbonyl (C=O) groups is 1. The van der Waals surface area contributed by atoms with Crippen LogP contribution in [0.15, 0.2) is 29.8 Å². The molecule has 1 aromatic rings. The van der Waals surface area contributed by atoms with Gasteiger partial charge in [0.2, 0.25) is 0 Å². The predicted molar refractivity (Wildman–Crippen MR) is 96.4 cm³/mol. The molecule has 0 aliphatic carbocycles. The molecular weight excluding hydrogens is 304 g/mol. The Hall–Kier alpha value is -1.81. The largest absolute Gasteiger partial charge is 0.504 e. The third-order valence-corrected chi connectivity index (χ3v) is 4.05. The lowest BCUT2D eigenvalue weighted by molar-refractivity contribution is -0.127. The van der Waals surface area contributed by atoms with Gasteiger partial charge in [0.1, 0.15) is 6.10 Å². The van der Waals surface area contributed by atoms with E-state index in [9.17, 15) is 15.0 Å². The quantitative estimate of drug-likeness (QED) is 0.501. The van der Waals surface area contributed by atoms with Gasteiger partial charge in [-0.05, 0) is 56.7 Å². The molecule has 0 aliphatic rings. The number of carbonyl (C=O) groups excluding carboxylic acids is 1. The Kier molecular flexibility index (Phi) is 8.55. The number of Topliss-reactive ketones (excluding diaryl/α,β-unsaturated/α-hetero) is 1. The zero-order valence-corrected chi connectivity index (χ0v) is 15.2. The second kappa shape index (κ2) is 10.1. The Morgan fingerprint density at radius 2 is 2.04 bits per heavy atom. The summed E-state index contributed by atoms with van der Waals surface area (Å²) in [4.78, 5) is 12.2. The number of aliphatic hydroxyl groups excluding tert-OH is 1. The van der Waals surface area contributed by atoms with E-state index in [4.69, 9.17) is 4.74 Å². The van der Waals surface area contributed by atoms with E-state index >= 15 is 0 Å². The highest BCUT2D eigenvalue weighted by atomic mass is 16.5. The maximum absolute atomic E-state index is 12.2. The Labute approximate surface area is 145 Å². The van der Waals surface area contributed by atoms with E-state index in [2.05, 4.69) is 26.8 Å². The highest BCUT2D eigenvalue weighted by Gasteiger charge is 2.19. The SMILES string of the molecule is COc1cc(CC(O)C(=O)CC(C)CCCC=C(C)C)ccc1O. The number of methoxy groups -OCH3 is 1. The number of hydrogen-bond acceptors (Lipinski definition) is 4. The van der Waals surface area contributed by atoms with Gasteiger partial charge in [-0.25, -0.2) is 0 Å². The van der Waals surface area contributed by atoms with Crippen LogP contribution in [-0.2, 0) is 11.2 Å². The molecule has 1 aromatic carbocycles. The fourth-order valence-corrected chi connectivity index (χ4v) is 2.62. The molecule has 1 rings (SSSR count). The van der Waals surface area contributed by atoms with Gasteiger partial charge in [0.05, 0.1) is 7.11 Å². The summed E-state index contributed by atoms with van der Waals surface area (Å²) in [5, 5.41) is 19.7. The molecule has 0 fully saturated rings. The molecule has 0 aliphatic heterocycles. The molecule has 2 unspecified atom stereocenters. The van der Waals surface area contributed by atoms with Crippen molar-refractivity contribution in [1.82, 2.24) is 0 Å². The van der Waals surface area contributed by atoms with Crippen molar-refractivity contribution in [3.63, 3.8) is 0 Å². The molecular formula is C20H30O4. The van der Waals surface area contributed by atoms with Crippen molar-refractivity contribution in [2.45, 2.75) is 59.0 Å². The molecule has 4 heteroatoms. The molecule has 0 spiro atoms. The van der Waals surface area contributed by atoms with Gasteiger partial charge in [-0.15, -0.1) is 0 Å². The fraction of sp³-hybridized carbons (Fsp3) is 0.550. The van der Waals surface area contributed by atoms with Gasteiger partial charge in [-0.1, -0.05) is 24.6 Å². The van der Waals surface area contributed by atoms with E-state index in [0.29, 0.717) is 12.2 Å². The monoisotopic (exact) mass is 334 g/mol. The summed E-state index contributed by atoms with van der Waals surface area (Å²) in [6.07, 6.45) is 4.91. The van der Waals surface area contributed by atoms with Crippen LogP contribution in [0.5, 0.6) is 11.5 Å². The van der Waals surface area contributed by atoms with Crippen LogP contribution in [0.2, 0.25) is 0 Å². The standard InChI is InChI=1S/C20H30O4/c1-14(2)7-5-6-8-15(3)11-18(22)19(23)12-16-9-10-17(21)20(13-16)24-4/h7,9-10,13,15,19,21,23H,5-6,8,11-12H2,1-4H3. The minimum absolute atomic E-state index is 0.0482. The third kappa shape index (κ3) is 7.18. The number of phenols is 1. The lowest BCUT2D eigenvalue weighted by atomic mass is 9.94. The van der Waals surface area contributed by atoms with E-state index in [1.807, 2.05) is 0 Å². The van der Waals surface area contributed by atoms with Crippen molar-refractivity contribution >= 4 is 5.78 Å². The molecule has 0 saturated carbocycles. The molecule has 2 N–H and O–H groups in total. The van der Waals surface area contributed by atoms with Crippen LogP contribution in [0, 0.1) is 5.92 Å². The molecule has 4 nitrogen and oxygen atoms in total.